The molecule has 1 fully saturated rings. The minimum atomic E-state index is 0.390. The van der Waals surface area contributed by atoms with Crippen LogP contribution in [0, 0.1) is 5.41 Å². The van der Waals surface area contributed by atoms with Crippen molar-refractivity contribution >= 4 is 11.6 Å². The van der Waals surface area contributed by atoms with Crippen LogP contribution in [0.5, 0.6) is 0 Å². The number of hydrogen-bond acceptors (Lipinski definition) is 2. The van der Waals surface area contributed by atoms with E-state index in [1.165, 1.54) is 17.7 Å². The minimum absolute atomic E-state index is 0.390. The third kappa shape index (κ3) is 4.11. The summed E-state index contributed by atoms with van der Waals surface area (Å²) < 4.78 is 0. The third-order valence-corrected chi connectivity index (χ3v) is 4.84. The molecule has 0 amide bonds. The first-order valence-electron chi connectivity index (χ1n) is 9.09. The van der Waals surface area contributed by atoms with Crippen LogP contribution in [0.4, 0.5) is 5.69 Å². The van der Waals surface area contributed by atoms with Gasteiger partial charge in [0.2, 0.25) is 0 Å². The molecule has 0 aliphatic carbocycles. The van der Waals surface area contributed by atoms with Crippen molar-refractivity contribution in [1.82, 2.24) is 10.2 Å². The van der Waals surface area contributed by atoms with Crippen molar-refractivity contribution in [2.45, 2.75) is 33.7 Å². The van der Waals surface area contributed by atoms with Gasteiger partial charge >= 0.3 is 0 Å². The maximum absolute atomic E-state index is 4.86. The van der Waals surface area contributed by atoms with E-state index >= 15 is 0 Å². The molecule has 0 unspecified atom stereocenters. The maximum Gasteiger partial charge on any atom is 0.194 e. The molecule has 0 saturated carbocycles. The Hall–Kier alpha value is -1.97. The fourth-order valence-electron chi connectivity index (χ4n) is 3.39. The molecule has 24 heavy (non-hydrogen) atoms. The van der Waals surface area contributed by atoms with E-state index in [-0.39, 0.29) is 0 Å². The second-order valence-corrected chi connectivity index (χ2v) is 7.55. The van der Waals surface area contributed by atoms with Gasteiger partial charge < -0.3 is 15.1 Å². The monoisotopic (exact) mass is 326 g/mol. The van der Waals surface area contributed by atoms with Crippen LogP contribution in [0.15, 0.2) is 41.4 Å². The molecule has 0 spiro atoms. The molecule has 1 aromatic carbocycles. The van der Waals surface area contributed by atoms with Gasteiger partial charge in [0.15, 0.2) is 5.96 Å². The largest absolute Gasteiger partial charge is 0.364 e. The van der Waals surface area contributed by atoms with E-state index in [1.807, 2.05) is 0 Å². The van der Waals surface area contributed by atoms with E-state index in [1.54, 1.807) is 0 Å². The second kappa shape index (κ2) is 7.29. The smallest absolute Gasteiger partial charge is 0.194 e. The van der Waals surface area contributed by atoms with Gasteiger partial charge in [0.1, 0.15) is 0 Å². The average molecular weight is 326 g/mol. The summed E-state index contributed by atoms with van der Waals surface area (Å²) in [5.74, 6) is 1.05. The molecule has 4 nitrogen and oxygen atoms in total. The van der Waals surface area contributed by atoms with Crippen LogP contribution in [0.2, 0.25) is 0 Å². The Morgan fingerprint density at radius 2 is 1.88 bits per heavy atom. The van der Waals surface area contributed by atoms with Crippen LogP contribution in [0.25, 0.3) is 0 Å². The van der Waals surface area contributed by atoms with Crippen LogP contribution in [0.3, 0.4) is 0 Å². The van der Waals surface area contributed by atoms with E-state index in [0.29, 0.717) is 5.41 Å². The maximum atomic E-state index is 4.86. The number of likely N-dealkylation sites (tertiary alicyclic amines) is 1. The molecule has 3 rings (SSSR count). The van der Waals surface area contributed by atoms with Gasteiger partial charge in [0, 0.05) is 38.4 Å². The quantitative estimate of drug-likeness (QED) is 0.523. The lowest BCUT2D eigenvalue weighted by Gasteiger charge is -2.23. The highest BCUT2D eigenvalue weighted by Gasteiger charge is 2.30. The predicted molar refractivity (Wildman–Crippen MR) is 103 cm³/mol. The summed E-state index contributed by atoms with van der Waals surface area (Å²) in [6.45, 7) is 12.7. The van der Waals surface area contributed by atoms with Gasteiger partial charge in [-0.3, -0.25) is 0 Å². The van der Waals surface area contributed by atoms with Crippen molar-refractivity contribution in [2.24, 2.45) is 10.4 Å². The van der Waals surface area contributed by atoms with Crippen molar-refractivity contribution in [3.8, 4) is 0 Å². The molecule has 2 aliphatic heterocycles. The molecule has 0 aromatic heterocycles. The third-order valence-electron chi connectivity index (χ3n) is 4.84. The molecule has 4 heteroatoms. The first-order valence-corrected chi connectivity index (χ1v) is 9.09. The van der Waals surface area contributed by atoms with Crippen LogP contribution >= 0.6 is 0 Å². The fourth-order valence-corrected chi connectivity index (χ4v) is 3.39. The van der Waals surface area contributed by atoms with E-state index in [4.69, 9.17) is 4.99 Å². The Labute approximate surface area is 146 Å². The lowest BCUT2D eigenvalue weighted by Crippen LogP contribution is -2.40. The molecule has 2 heterocycles. The molecule has 0 atom stereocenters. The van der Waals surface area contributed by atoms with Gasteiger partial charge in [-0.15, -0.1) is 0 Å². The van der Waals surface area contributed by atoms with Crippen molar-refractivity contribution < 1.29 is 0 Å². The zero-order chi connectivity index (χ0) is 17.0. The first-order chi connectivity index (χ1) is 11.6. The molecular formula is C20H30N4. The Morgan fingerprint density at radius 3 is 2.46 bits per heavy atom. The minimum Gasteiger partial charge on any atom is -0.364 e. The molecule has 1 saturated heterocycles. The van der Waals surface area contributed by atoms with Crippen LogP contribution < -0.4 is 10.2 Å². The summed E-state index contributed by atoms with van der Waals surface area (Å²) in [7, 11) is 0. The van der Waals surface area contributed by atoms with E-state index in [2.05, 4.69) is 72.3 Å². The number of anilines is 1. The summed E-state index contributed by atoms with van der Waals surface area (Å²) in [5.41, 5.74) is 2.95. The number of rotatable bonds is 4. The second-order valence-electron chi connectivity index (χ2n) is 7.55. The molecule has 0 radical (unpaired) electrons. The summed E-state index contributed by atoms with van der Waals surface area (Å²) >= 11 is 0. The van der Waals surface area contributed by atoms with Crippen LogP contribution in [0.1, 0.15) is 32.8 Å². The summed E-state index contributed by atoms with van der Waals surface area (Å²) in [4.78, 5) is 9.63. The normalized spacial score (nSPS) is 20.0. The Morgan fingerprint density at radius 1 is 1.17 bits per heavy atom. The lowest BCUT2D eigenvalue weighted by molar-refractivity contribution is 0.370. The lowest BCUT2D eigenvalue weighted by atomic mass is 9.93. The number of benzene rings is 1. The number of aliphatic imine (C=N–C) groups is 1. The Bertz CT molecular complexity index is 593. The molecule has 0 bridgehead atoms. The average Bonchev–Trinajstić information content (AvgIpc) is 3.21. The standard InChI is InChI=1S/C20H30N4/c1-4-21-19(24-14-11-20(2,3)16-24)22-15-17-7-9-18(10-8-17)23-12-5-6-13-23/h5-10H,4,11-16H2,1-3H3,(H,21,22). The molecule has 1 aromatic rings. The van der Waals surface area contributed by atoms with Crippen molar-refractivity contribution in [3.63, 3.8) is 0 Å². The highest BCUT2D eigenvalue weighted by Crippen LogP contribution is 2.28. The van der Waals surface area contributed by atoms with Crippen molar-refractivity contribution in [2.75, 3.05) is 37.6 Å². The molecule has 1 N–H and O–H groups in total. The number of hydrogen-bond donors (Lipinski definition) is 1. The Kier molecular flexibility index (Phi) is 5.12. The highest BCUT2D eigenvalue weighted by atomic mass is 15.3. The Balaban J connectivity index is 1.63. The van der Waals surface area contributed by atoms with Crippen molar-refractivity contribution in [3.05, 3.63) is 42.0 Å². The number of nitrogens with one attached hydrogen (secondary N) is 1. The van der Waals surface area contributed by atoms with Gasteiger partial charge in [0.25, 0.3) is 0 Å². The molecule has 130 valence electrons. The zero-order valence-electron chi connectivity index (χ0n) is 15.3. The topological polar surface area (TPSA) is 30.9 Å². The van der Waals surface area contributed by atoms with Gasteiger partial charge in [-0.25, -0.2) is 4.99 Å². The van der Waals surface area contributed by atoms with Gasteiger partial charge in [-0.1, -0.05) is 38.1 Å². The van der Waals surface area contributed by atoms with Crippen LogP contribution in [-0.4, -0.2) is 43.6 Å². The van der Waals surface area contributed by atoms with E-state index in [0.717, 1.165) is 45.2 Å². The zero-order valence-corrected chi connectivity index (χ0v) is 15.3. The van der Waals surface area contributed by atoms with Crippen molar-refractivity contribution in [1.29, 1.82) is 0 Å². The summed E-state index contributed by atoms with van der Waals surface area (Å²) in [6.07, 6.45) is 5.67. The molecular weight excluding hydrogens is 296 g/mol. The predicted octanol–water partition coefficient (Wildman–Crippen LogP) is 3.26. The van der Waals surface area contributed by atoms with E-state index in [9.17, 15) is 0 Å². The summed E-state index contributed by atoms with van der Waals surface area (Å²) in [5, 5.41) is 3.45. The summed E-state index contributed by atoms with van der Waals surface area (Å²) in [6, 6.07) is 8.83. The van der Waals surface area contributed by atoms with Gasteiger partial charge in [-0.05, 0) is 36.5 Å². The first kappa shape index (κ1) is 16.9. The van der Waals surface area contributed by atoms with Gasteiger partial charge in [0.05, 0.1) is 6.54 Å². The van der Waals surface area contributed by atoms with E-state index < -0.39 is 0 Å². The highest BCUT2D eigenvalue weighted by molar-refractivity contribution is 5.80. The molecule has 2 aliphatic rings. The van der Waals surface area contributed by atoms with Gasteiger partial charge in [-0.2, -0.15) is 0 Å². The fraction of sp³-hybridized carbons (Fsp3) is 0.550. The number of guanidine groups is 1. The number of nitrogens with zero attached hydrogens (tertiary/aromatic N) is 3. The SMILES string of the molecule is CCNC(=NCc1ccc(N2CC=CC2)cc1)N1CCC(C)(C)C1. The van der Waals surface area contributed by atoms with Crippen LogP contribution in [-0.2, 0) is 6.54 Å².